The van der Waals surface area contributed by atoms with Gasteiger partial charge in [-0.3, -0.25) is 0 Å². The Morgan fingerprint density at radius 3 is 2.42 bits per heavy atom. The fourth-order valence-electron chi connectivity index (χ4n) is 7.68. The molecule has 0 saturated heterocycles. The summed E-state index contributed by atoms with van der Waals surface area (Å²) >= 11 is 0. The molecule has 4 aliphatic carbocycles. The zero-order chi connectivity index (χ0) is 22.8. The molecular weight excluding hydrogens is 403 g/mol. The van der Waals surface area contributed by atoms with Gasteiger partial charge in [-0.1, -0.05) is 46.3 Å². The van der Waals surface area contributed by atoms with Crippen LogP contribution in [0.3, 0.4) is 0 Å². The van der Waals surface area contributed by atoms with Crippen LogP contribution in [0.2, 0.25) is 18.1 Å². The Labute approximate surface area is 190 Å². The number of rotatable bonds is 3. The SMILES string of the molecule is CC(C)(C)[Si](C)(C)O[C@H]1CC[C@@]2(C)C(=CCC3C2CC[C@]2(C)/C(=C(/F)CO)CCC32)C1. The number of allylic oxidation sites excluding steroid dienone is 2. The second-order valence-corrected chi connectivity index (χ2v) is 17.8. The average molecular weight is 449 g/mol. The Kier molecular flexibility index (Phi) is 5.97. The van der Waals surface area contributed by atoms with Crippen molar-refractivity contribution in [3.05, 3.63) is 23.0 Å². The molecule has 0 spiro atoms. The molecular formula is C27H45FO2Si. The molecule has 0 aliphatic heterocycles. The summed E-state index contributed by atoms with van der Waals surface area (Å²) < 4.78 is 21.3. The lowest BCUT2D eigenvalue weighted by Crippen LogP contribution is -2.51. The molecule has 1 N–H and O–H groups in total. The summed E-state index contributed by atoms with van der Waals surface area (Å²) in [4.78, 5) is 0. The Morgan fingerprint density at radius 2 is 1.77 bits per heavy atom. The molecule has 3 unspecified atom stereocenters. The van der Waals surface area contributed by atoms with Crippen molar-refractivity contribution >= 4 is 8.32 Å². The molecule has 0 aromatic carbocycles. The maximum absolute atomic E-state index is 14.5. The van der Waals surface area contributed by atoms with Gasteiger partial charge in [0, 0.05) is 6.10 Å². The predicted octanol–water partition coefficient (Wildman–Crippen LogP) is 7.56. The summed E-state index contributed by atoms with van der Waals surface area (Å²) in [5.41, 5.74) is 2.84. The highest BCUT2D eigenvalue weighted by Gasteiger charge is 2.58. The van der Waals surface area contributed by atoms with Crippen LogP contribution in [-0.2, 0) is 4.43 Å². The Hall–Kier alpha value is -0.453. The molecule has 176 valence electrons. The van der Waals surface area contributed by atoms with E-state index in [0.717, 1.165) is 43.6 Å². The number of aliphatic hydroxyl groups excluding tert-OH is 1. The molecule has 0 aromatic rings. The van der Waals surface area contributed by atoms with E-state index in [-0.39, 0.29) is 16.3 Å². The second-order valence-electron chi connectivity index (χ2n) is 13.0. The molecule has 3 saturated carbocycles. The van der Waals surface area contributed by atoms with E-state index in [1.807, 2.05) is 0 Å². The normalized spacial score (nSPS) is 42.4. The van der Waals surface area contributed by atoms with Gasteiger partial charge in [-0.2, -0.15) is 0 Å². The lowest BCUT2D eigenvalue weighted by Gasteiger charge is -2.58. The Balaban J connectivity index is 1.55. The quantitative estimate of drug-likeness (QED) is 0.356. The van der Waals surface area contributed by atoms with Gasteiger partial charge in [-0.15, -0.1) is 0 Å². The maximum atomic E-state index is 14.5. The van der Waals surface area contributed by atoms with Crippen LogP contribution in [0.15, 0.2) is 23.0 Å². The van der Waals surface area contributed by atoms with Crippen LogP contribution in [0.4, 0.5) is 4.39 Å². The molecule has 4 aliphatic rings. The number of hydrogen-bond donors (Lipinski definition) is 1. The minimum Gasteiger partial charge on any atom is -0.414 e. The van der Waals surface area contributed by atoms with Crippen molar-refractivity contribution in [1.29, 1.82) is 0 Å². The monoisotopic (exact) mass is 448 g/mol. The van der Waals surface area contributed by atoms with Crippen LogP contribution in [-0.4, -0.2) is 26.1 Å². The van der Waals surface area contributed by atoms with Crippen LogP contribution < -0.4 is 0 Å². The van der Waals surface area contributed by atoms with Gasteiger partial charge in [0.05, 0.1) is 6.61 Å². The largest absolute Gasteiger partial charge is 0.414 e. The van der Waals surface area contributed by atoms with E-state index in [2.05, 4.69) is 53.8 Å². The third-order valence-corrected chi connectivity index (χ3v) is 15.1. The smallest absolute Gasteiger partial charge is 0.192 e. The highest BCUT2D eigenvalue weighted by molar-refractivity contribution is 6.74. The van der Waals surface area contributed by atoms with Gasteiger partial charge in [-0.05, 0) is 104 Å². The third kappa shape index (κ3) is 3.73. The van der Waals surface area contributed by atoms with E-state index in [4.69, 9.17) is 4.43 Å². The van der Waals surface area contributed by atoms with Crippen LogP contribution in [0.25, 0.3) is 0 Å². The van der Waals surface area contributed by atoms with E-state index in [9.17, 15) is 9.50 Å². The fraction of sp³-hybridized carbons (Fsp3) is 0.852. The molecule has 0 heterocycles. The standard InChI is InChI=1S/C27H45FO2Si/c1-25(2,3)31(6,7)30-19-12-14-26(4)18(16-19)8-9-20-21-10-11-23(24(28)17-29)27(21,5)15-13-22(20)26/h8,19-22,29H,9-17H2,1-7H3/b24-23+/t19-,20?,21?,22?,26-,27-/m0/s1. The molecule has 4 heteroatoms. The molecule has 3 fully saturated rings. The highest BCUT2D eigenvalue weighted by Crippen LogP contribution is 2.66. The summed E-state index contributed by atoms with van der Waals surface area (Å²) in [7, 11) is -1.75. The topological polar surface area (TPSA) is 29.5 Å². The van der Waals surface area contributed by atoms with Crippen molar-refractivity contribution in [3.8, 4) is 0 Å². The van der Waals surface area contributed by atoms with Gasteiger partial charge in [0.1, 0.15) is 5.83 Å². The number of hydrogen-bond acceptors (Lipinski definition) is 2. The summed E-state index contributed by atoms with van der Waals surface area (Å²) in [6.45, 7) is 16.1. The summed E-state index contributed by atoms with van der Waals surface area (Å²) in [6.07, 6.45) is 11.8. The van der Waals surface area contributed by atoms with E-state index in [1.165, 1.54) is 19.3 Å². The molecule has 0 amide bonds. The number of fused-ring (bicyclic) bond motifs is 5. The van der Waals surface area contributed by atoms with Gasteiger partial charge < -0.3 is 9.53 Å². The van der Waals surface area contributed by atoms with Crippen LogP contribution in [0.1, 0.15) is 86.0 Å². The van der Waals surface area contributed by atoms with Gasteiger partial charge in [-0.25, -0.2) is 4.39 Å². The summed E-state index contributed by atoms with van der Waals surface area (Å²) in [5.74, 6) is 1.70. The summed E-state index contributed by atoms with van der Waals surface area (Å²) in [6, 6.07) is 0. The minimum atomic E-state index is -1.75. The van der Waals surface area contributed by atoms with Crippen molar-refractivity contribution in [1.82, 2.24) is 0 Å². The van der Waals surface area contributed by atoms with E-state index in [0.29, 0.717) is 23.4 Å². The molecule has 0 aromatic heterocycles. The lowest BCUT2D eigenvalue weighted by molar-refractivity contribution is -0.0261. The van der Waals surface area contributed by atoms with Crippen molar-refractivity contribution < 1.29 is 13.9 Å². The van der Waals surface area contributed by atoms with E-state index < -0.39 is 14.9 Å². The van der Waals surface area contributed by atoms with Crippen molar-refractivity contribution in [3.63, 3.8) is 0 Å². The molecule has 0 bridgehead atoms. The molecule has 6 atom stereocenters. The van der Waals surface area contributed by atoms with Crippen molar-refractivity contribution in [2.75, 3.05) is 6.61 Å². The maximum Gasteiger partial charge on any atom is 0.192 e. The first kappa shape index (κ1) is 23.7. The van der Waals surface area contributed by atoms with Gasteiger partial charge in [0.2, 0.25) is 0 Å². The van der Waals surface area contributed by atoms with Crippen LogP contribution in [0, 0.1) is 28.6 Å². The Morgan fingerprint density at radius 1 is 1.13 bits per heavy atom. The average Bonchev–Trinajstić information content (AvgIpc) is 3.04. The van der Waals surface area contributed by atoms with Crippen molar-refractivity contribution in [2.24, 2.45) is 28.6 Å². The second kappa shape index (κ2) is 7.80. The van der Waals surface area contributed by atoms with Gasteiger partial charge in [0.15, 0.2) is 8.32 Å². The predicted molar refractivity (Wildman–Crippen MR) is 129 cm³/mol. The number of halogens is 1. The minimum absolute atomic E-state index is 0.0433. The van der Waals surface area contributed by atoms with Crippen molar-refractivity contribution in [2.45, 2.75) is 110 Å². The van der Waals surface area contributed by atoms with Crippen LogP contribution >= 0.6 is 0 Å². The first-order valence-electron chi connectivity index (χ1n) is 12.7. The number of aliphatic hydroxyl groups is 1. The summed E-state index contributed by atoms with van der Waals surface area (Å²) in [5, 5.41) is 9.69. The van der Waals surface area contributed by atoms with E-state index in [1.54, 1.807) is 5.57 Å². The molecule has 31 heavy (non-hydrogen) atoms. The first-order chi connectivity index (χ1) is 14.3. The van der Waals surface area contributed by atoms with Crippen LogP contribution in [0.5, 0.6) is 0 Å². The highest BCUT2D eigenvalue weighted by atomic mass is 28.4. The van der Waals surface area contributed by atoms with E-state index >= 15 is 0 Å². The van der Waals surface area contributed by atoms with Gasteiger partial charge in [0.25, 0.3) is 0 Å². The first-order valence-corrected chi connectivity index (χ1v) is 15.6. The third-order valence-electron chi connectivity index (χ3n) is 10.6. The Bertz CT molecular complexity index is 779. The van der Waals surface area contributed by atoms with Gasteiger partial charge >= 0.3 is 0 Å². The molecule has 2 nitrogen and oxygen atoms in total. The fourth-order valence-corrected chi connectivity index (χ4v) is 9.06. The lowest BCUT2D eigenvalue weighted by atomic mass is 9.48. The molecule has 4 rings (SSSR count). The zero-order valence-corrected chi connectivity index (χ0v) is 22.0. The zero-order valence-electron chi connectivity index (χ0n) is 21.0. The molecule has 0 radical (unpaired) electrons.